The van der Waals surface area contributed by atoms with E-state index in [-0.39, 0.29) is 12.6 Å². The van der Waals surface area contributed by atoms with Crippen molar-refractivity contribution in [2.45, 2.75) is 43.7 Å². The van der Waals surface area contributed by atoms with Gasteiger partial charge >= 0.3 is 0 Å². The van der Waals surface area contributed by atoms with Gasteiger partial charge in [0.05, 0.1) is 6.61 Å². The van der Waals surface area contributed by atoms with Crippen LogP contribution in [0.25, 0.3) is 0 Å². The molecule has 4 nitrogen and oxygen atoms in total. The Hall–Kier alpha value is -2.16. The smallest absolute Gasteiger partial charge is 0.0593 e. The summed E-state index contributed by atoms with van der Waals surface area (Å²) in [6.07, 6.45) is 4.86. The molecule has 174 valence electrons. The van der Waals surface area contributed by atoms with Gasteiger partial charge < -0.3 is 14.7 Å². The van der Waals surface area contributed by atoms with Crippen LogP contribution in [0.2, 0.25) is 0 Å². The van der Waals surface area contributed by atoms with E-state index in [9.17, 15) is 5.11 Å². The minimum Gasteiger partial charge on any atom is -0.395 e. The summed E-state index contributed by atoms with van der Waals surface area (Å²) >= 11 is 0. The fourth-order valence-electron chi connectivity index (χ4n) is 5.93. The molecule has 0 bridgehead atoms. The molecule has 5 rings (SSSR count). The molecule has 3 heterocycles. The summed E-state index contributed by atoms with van der Waals surface area (Å²) in [7, 11) is 0. The van der Waals surface area contributed by atoms with Gasteiger partial charge in [0.15, 0.2) is 0 Å². The number of aliphatic hydroxyl groups excluding tert-OH is 1. The van der Waals surface area contributed by atoms with Crippen LogP contribution in [0, 0.1) is 17.8 Å². The molecule has 4 heteroatoms. The van der Waals surface area contributed by atoms with Crippen molar-refractivity contribution in [1.29, 1.82) is 0 Å². The molecule has 0 unspecified atom stereocenters. The third-order valence-electron chi connectivity index (χ3n) is 7.73. The first-order chi connectivity index (χ1) is 16.3. The zero-order valence-electron chi connectivity index (χ0n) is 19.5. The molecule has 3 aliphatic heterocycles. The van der Waals surface area contributed by atoms with Gasteiger partial charge in [-0.1, -0.05) is 42.2 Å². The summed E-state index contributed by atoms with van der Waals surface area (Å²) in [5.41, 5.74) is 3.42. The molecule has 3 fully saturated rings. The molecule has 0 amide bonds. The standard InChI is InChI=1S/C29H36N2O2/c32-22-28-29(26-12-10-24(11-13-26)9-8-23-6-2-1-3-7-23)27-21-30(16-4-5-17-31(27)28)20-25-14-18-33-19-15-25/h1-3,6-7,10-13,25,27-29,32H,4-5,14-22H2/t27-,28-,29+/m1/s1. The maximum Gasteiger partial charge on any atom is 0.0593 e. The maximum atomic E-state index is 10.2. The topological polar surface area (TPSA) is 35.9 Å². The molecule has 0 saturated carbocycles. The van der Waals surface area contributed by atoms with Gasteiger partial charge in [-0.2, -0.15) is 0 Å². The largest absolute Gasteiger partial charge is 0.395 e. The van der Waals surface area contributed by atoms with Gasteiger partial charge in [-0.15, -0.1) is 0 Å². The molecule has 0 spiro atoms. The molecular weight excluding hydrogens is 408 g/mol. The molecule has 3 aliphatic rings. The second-order valence-corrected chi connectivity index (χ2v) is 9.84. The molecule has 0 aromatic heterocycles. The van der Waals surface area contributed by atoms with E-state index in [1.54, 1.807) is 0 Å². The molecule has 33 heavy (non-hydrogen) atoms. The van der Waals surface area contributed by atoms with Gasteiger partial charge in [-0.05, 0) is 74.5 Å². The van der Waals surface area contributed by atoms with E-state index in [4.69, 9.17) is 4.74 Å². The number of nitrogens with zero attached hydrogens (tertiary/aromatic N) is 2. The molecule has 2 aromatic rings. The summed E-state index contributed by atoms with van der Waals surface area (Å²) in [6, 6.07) is 19.6. The van der Waals surface area contributed by atoms with Crippen molar-refractivity contribution in [3.05, 3.63) is 71.3 Å². The Morgan fingerprint density at radius 2 is 1.58 bits per heavy atom. The van der Waals surface area contributed by atoms with Crippen LogP contribution in [0.4, 0.5) is 0 Å². The highest BCUT2D eigenvalue weighted by Gasteiger charge is 2.49. The highest BCUT2D eigenvalue weighted by molar-refractivity contribution is 5.44. The highest BCUT2D eigenvalue weighted by Crippen LogP contribution is 2.42. The zero-order chi connectivity index (χ0) is 22.5. The number of rotatable bonds is 4. The third-order valence-corrected chi connectivity index (χ3v) is 7.73. The Labute approximate surface area is 198 Å². The second-order valence-electron chi connectivity index (χ2n) is 9.84. The van der Waals surface area contributed by atoms with Crippen molar-refractivity contribution >= 4 is 0 Å². The first-order valence-electron chi connectivity index (χ1n) is 12.7. The lowest BCUT2D eigenvalue weighted by Gasteiger charge is -2.57. The Kier molecular flexibility index (Phi) is 7.43. The number of hydrogen-bond donors (Lipinski definition) is 1. The van der Waals surface area contributed by atoms with Crippen molar-refractivity contribution in [3.8, 4) is 11.8 Å². The van der Waals surface area contributed by atoms with E-state index in [2.05, 4.69) is 45.9 Å². The highest BCUT2D eigenvalue weighted by atomic mass is 16.5. The van der Waals surface area contributed by atoms with Crippen LogP contribution in [0.1, 0.15) is 48.3 Å². The SMILES string of the molecule is OC[C@@H]1[C@@H](c2ccc(C#Cc3ccccc3)cc2)[C@H]2CN(CC3CCOCC3)CCCCN12. The van der Waals surface area contributed by atoms with Gasteiger partial charge in [0.2, 0.25) is 0 Å². The van der Waals surface area contributed by atoms with Crippen LogP contribution < -0.4 is 0 Å². The fraction of sp³-hybridized carbons (Fsp3) is 0.517. The molecule has 3 saturated heterocycles. The third kappa shape index (κ3) is 5.34. The van der Waals surface area contributed by atoms with Gasteiger partial charge in [0.25, 0.3) is 0 Å². The van der Waals surface area contributed by atoms with Crippen molar-refractivity contribution < 1.29 is 9.84 Å². The molecule has 2 aromatic carbocycles. The summed E-state index contributed by atoms with van der Waals surface area (Å²) in [6.45, 7) is 6.68. The molecule has 3 atom stereocenters. The lowest BCUT2D eigenvalue weighted by Crippen LogP contribution is -2.67. The van der Waals surface area contributed by atoms with E-state index in [1.165, 1.54) is 44.3 Å². The maximum absolute atomic E-state index is 10.2. The molecular formula is C29H36N2O2. The van der Waals surface area contributed by atoms with Gasteiger partial charge in [0, 0.05) is 55.4 Å². The van der Waals surface area contributed by atoms with E-state index in [0.29, 0.717) is 12.0 Å². The van der Waals surface area contributed by atoms with Gasteiger partial charge in [-0.3, -0.25) is 4.90 Å². The average molecular weight is 445 g/mol. The molecule has 0 aliphatic carbocycles. The van der Waals surface area contributed by atoms with Crippen molar-refractivity contribution in [2.24, 2.45) is 5.92 Å². The van der Waals surface area contributed by atoms with E-state index >= 15 is 0 Å². The first kappa shape index (κ1) is 22.6. The quantitative estimate of drug-likeness (QED) is 0.729. The Morgan fingerprint density at radius 1 is 0.879 bits per heavy atom. The number of hydrogen-bond acceptors (Lipinski definition) is 4. The lowest BCUT2D eigenvalue weighted by atomic mass is 9.74. The normalized spacial score (nSPS) is 26.9. The molecule has 0 radical (unpaired) electrons. The predicted molar refractivity (Wildman–Crippen MR) is 132 cm³/mol. The summed E-state index contributed by atoms with van der Waals surface area (Å²) in [4.78, 5) is 5.27. The Morgan fingerprint density at radius 3 is 2.30 bits per heavy atom. The first-order valence-corrected chi connectivity index (χ1v) is 12.7. The van der Waals surface area contributed by atoms with Gasteiger partial charge in [-0.25, -0.2) is 0 Å². The lowest BCUT2D eigenvalue weighted by molar-refractivity contribution is -0.0677. The van der Waals surface area contributed by atoms with Crippen LogP contribution in [0.5, 0.6) is 0 Å². The zero-order valence-corrected chi connectivity index (χ0v) is 19.5. The minimum atomic E-state index is 0.233. The number of benzene rings is 2. The Bertz CT molecular complexity index is 943. The van der Waals surface area contributed by atoms with Crippen molar-refractivity contribution in [3.63, 3.8) is 0 Å². The monoisotopic (exact) mass is 444 g/mol. The van der Waals surface area contributed by atoms with Crippen LogP contribution in [0.15, 0.2) is 54.6 Å². The van der Waals surface area contributed by atoms with Crippen LogP contribution in [-0.4, -0.2) is 73.0 Å². The van der Waals surface area contributed by atoms with Crippen molar-refractivity contribution in [1.82, 2.24) is 9.80 Å². The summed E-state index contributed by atoms with van der Waals surface area (Å²) in [5, 5.41) is 10.2. The van der Waals surface area contributed by atoms with E-state index in [0.717, 1.165) is 43.3 Å². The van der Waals surface area contributed by atoms with E-state index < -0.39 is 0 Å². The van der Waals surface area contributed by atoms with Crippen molar-refractivity contribution in [2.75, 3.05) is 46.0 Å². The summed E-state index contributed by atoms with van der Waals surface area (Å²) in [5.74, 6) is 7.69. The number of aliphatic hydroxyl groups is 1. The van der Waals surface area contributed by atoms with Crippen LogP contribution >= 0.6 is 0 Å². The molecule has 1 N–H and O–H groups in total. The predicted octanol–water partition coefficient (Wildman–Crippen LogP) is 3.74. The van der Waals surface area contributed by atoms with Crippen LogP contribution in [0.3, 0.4) is 0 Å². The fourth-order valence-corrected chi connectivity index (χ4v) is 5.93. The minimum absolute atomic E-state index is 0.233. The van der Waals surface area contributed by atoms with Gasteiger partial charge in [0.1, 0.15) is 0 Å². The average Bonchev–Trinajstić information content (AvgIpc) is 2.85. The van der Waals surface area contributed by atoms with Crippen LogP contribution in [-0.2, 0) is 4.74 Å². The second kappa shape index (κ2) is 10.8. The Balaban J connectivity index is 1.29. The number of fused-ring (bicyclic) bond motifs is 1. The number of ether oxygens (including phenoxy) is 1. The summed E-state index contributed by atoms with van der Waals surface area (Å²) < 4.78 is 5.57. The van der Waals surface area contributed by atoms with E-state index in [1.807, 2.05) is 30.3 Å².